The fourth-order valence-electron chi connectivity index (χ4n) is 0.931. The van der Waals surface area contributed by atoms with Crippen molar-refractivity contribution in [1.29, 1.82) is 0 Å². The van der Waals surface area contributed by atoms with Crippen molar-refractivity contribution in [3.05, 3.63) is 29.6 Å². The number of aromatic nitrogens is 1. The minimum atomic E-state index is -1.06. The van der Waals surface area contributed by atoms with E-state index in [0.717, 1.165) is 0 Å². The zero-order valence-corrected chi connectivity index (χ0v) is 6.97. The van der Waals surface area contributed by atoms with Crippen LogP contribution in [0.15, 0.2) is 18.3 Å². The number of nitrogens with zero attached hydrogens (tertiary/aromatic N) is 1. The van der Waals surface area contributed by atoms with Crippen molar-refractivity contribution in [3.8, 4) is 0 Å². The van der Waals surface area contributed by atoms with Crippen LogP contribution in [0.5, 0.6) is 0 Å². The number of hydrogen-bond donors (Lipinski definition) is 3. The van der Waals surface area contributed by atoms with Crippen molar-refractivity contribution in [1.82, 2.24) is 4.98 Å². The molecule has 70 valence electrons. The lowest BCUT2D eigenvalue weighted by molar-refractivity contribution is 0.0690. The van der Waals surface area contributed by atoms with Crippen molar-refractivity contribution in [3.63, 3.8) is 0 Å². The monoisotopic (exact) mass is 181 g/mol. The van der Waals surface area contributed by atoms with Gasteiger partial charge in [-0.25, -0.2) is 9.78 Å². The van der Waals surface area contributed by atoms with E-state index in [4.69, 9.17) is 16.6 Å². The van der Waals surface area contributed by atoms with Gasteiger partial charge in [0.2, 0.25) is 0 Å². The molecule has 13 heavy (non-hydrogen) atoms. The minimum Gasteiger partial charge on any atom is -0.477 e. The van der Waals surface area contributed by atoms with Crippen LogP contribution < -0.4 is 11.5 Å². The van der Waals surface area contributed by atoms with Gasteiger partial charge in [0.15, 0.2) is 0 Å². The Morgan fingerprint density at radius 3 is 2.92 bits per heavy atom. The molecule has 1 atom stereocenters. The standard InChI is InChI=1S/C8H11N3O2/c9-4-6(10)5-1-2-11-7(3-5)8(12)13/h1-3,6H,4,9-10H2,(H,12,13)/t6-/m1/s1. The van der Waals surface area contributed by atoms with Crippen LogP contribution in [0.4, 0.5) is 0 Å². The fraction of sp³-hybridized carbons (Fsp3) is 0.250. The molecule has 1 aromatic heterocycles. The molecular formula is C8H11N3O2. The van der Waals surface area contributed by atoms with Crippen LogP contribution in [0.1, 0.15) is 22.1 Å². The maximum atomic E-state index is 10.5. The van der Waals surface area contributed by atoms with Crippen molar-refractivity contribution in [2.75, 3.05) is 6.54 Å². The lowest BCUT2D eigenvalue weighted by Crippen LogP contribution is -2.21. The largest absolute Gasteiger partial charge is 0.477 e. The molecule has 1 rings (SSSR count). The molecule has 0 aliphatic rings. The SMILES string of the molecule is NC[C@@H](N)c1ccnc(C(=O)O)c1. The van der Waals surface area contributed by atoms with E-state index in [-0.39, 0.29) is 18.3 Å². The summed E-state index contributed by atoms with van der Waals surface area (Å²) < 4.78 is 0. The summed E-state index contributed by atoms with van der Waals surface area (Å²) >= 11 is 0. The second kappa shape index (κ2) is 3.97. The topological polar surface area (TPSA) is 102 Å². The third-order valence-corrected chi connectivity index (χ3v) is 1.69. The quantitative estimate of drug-likeness (QED) is 0.596. The number of hydrogen-bond acceptors (Lipinski definition) is 4. The highest BCUT2D eigenvalue weighted by Crippen LogP contribution is 2.09. The van der Waals surface area contributed by atoms with Crippen molar-refractivity contribution >= 4 is 5.97 Å². The second-order valence-corrected chi connectivity index (χ2v) is 2.62. The summed E-state index contributed by atoms with van der Waals surface area (Å²) in [6.45, 7) is 0.281. The summed E-state index contributed by atoms with van der Waals surface area (Å²) in [5.41, 5.74) is 11.6. The molecule has 0 bridgehead atoms. The van der Waals surface area contributed by atoms with Crippen LogP contribution in [0.3, 0.4) is 0 Å². The van der Waals surface area contributed by atoms with E-state index in [1.165, 1.54) is 12.3 Å². The molecule has 0 spiro atoms. The average molecular weight is 181 g/mol. The molecule has 5 N–H and O–H groups in total. The molecule has 0 unspecified atom stereocenters. The normalized spacial score (nSPS) is 12.5. The number of carboxylic acid groups (broad SMARTS) is 1. The number of pyridine rings is 1. The summed E-state index contributed by atoms with van der Waals surface area (Å²) in [5, 5.41) is 8.63. The zero-order chi connectivity index (χ0) is 9.84. The van der Waals surface area contributed by atoms with E-state index in [9.17, 15) is 4.79 Å². The number of rotatable bonds is 3. The maximum absolute atomic E-state index is 10.5. The van der Waals surface area contributed by atoms with Crippen LogP contribution in [0.25, 0.3) is 0 Å². The van der Waals surface area contributed by atoms with Gasteiger partial charge in [-0.2, -0.15) is 0 Å². The number of carbonyl (C=O) groups is 1. The molecule has 0 fully saturated rings. The molecule has 0 radical (unpaired) electrons. The van der Waals surface area contributed by atoms with Crippen LogP contribution in [0, 0.1) is 0 Å². The number of aromatic carboxylic acids is 1. The molecule has 5 nitrogen and oxygen atoms in total. The van der Waals surface area contributed by atoms with Crippen LogP contribution in [-0.4, -0.2) is 22.6 Å². The van der Waals surface area contributed by atoms with Crippen molar-refractivity contribution in [2.45, 2.75) is 6.04 Å². The van der Waals surface area contributed by atoms with Crippen LogP contribution in [-0.2, 0) is 0 Å². The highest BCUT2D eigenvalue weighted by atomic mass is 16.4. The summed E-state index contributed by atoms with van der Waals surface area (Å²) in [6.07, 6.45) is 1.41. The molecule has 0 aliphatic heterocycles. The van der Waals surface area contributed by atoms with Crippen LogP contribution >= 0.6 is 0 Å². The first-order valence-electron chi connectivity index (χ1n) is 3.80. The average Bonchev–Trinajstić information content (AvgIpc) is 2.17. The van der Waals surface area contributed by atoms with Gasteiger partial charge in [-0.05, 0) is 17.7 Å². The van der Waals surface area contributed by atoms with Gasteiger partial charge in [0.25, 0.3) is 0 Å². The Kier molecular flexibility index (Phi) is 2.94. The van der Waals surface area contributed by atoms with Crippen LogP contribution in [0.2, 0.25) is 0 Å². The van der Waals surface area contributed by atoms with E-state index in [0.29, 0.717) is 5.56 Å². The van der Waals surface area contributed by atoms with Gasteiger partial charge in [-0.15, -0.1) is 0 Å². The number of carboxylic acids is 1. The third kappa shape index (κ3) is 2.24. The first kappa shape index (κ1) is 9.63. The van der Waals surface area contributed by atoms with Gasteiger partial charge >= 0.3 is 5.97 Å². The highest BCUT2D eigenvalue weighted by Gasteiger charge is 2.08. The Hall–Kier alpha value is -1.46. The molecular weight excluding hydrogens is 170 g/mol. The zero-order valence-electron chi connectivity index (χ0n) is 6.97. The molecule has 0 amide bonds. The Balaban J connectivity index is 2.98. The van der Waals surface area contributed by atoms with Gasteiger partial charge in [-0.1, -0.05) is 0 Å². The second-order valence-electron chi connectivity index (χ2n) is 2.62. The van der Waals surface area contributed by atoms with Gasteiger partial charge in [0, 0.05) is 18.8 Å². The lowest BCUT2D eigenvalue weighted by Gasteiger charge is -2.08. The predicted molar refractivity (Wildman–Crippen MR) is 47.2 cm³/mol. The Bertz CT molecular complexity index is 314. The van der Waals surface area contributed by atoms with Gasteiger partial charge in [0.05, 0.1) is 0 Å². The number of nitrogens with two attached hydrogens (primary N) is 2. The first-order chi connectivity index (χ1) is 6.15. The third-order valence-electron chi connectivity index (χ3n) is 1.69. The molecule has 5 heteroatoms. The summed E-state index contributed by atoms with van der Waals surface area (Å²) in [4.78, 5) is 14.2. The lowest BCUT2D eigenvalue weighted by atomic mass is 10.1. The van der Waals surface area contributed by atoms with Gasteiger partial charge < -0.3 is 16.6 Å². The summed E-state index contributed by atoms with van der Waals surface area (Å²) in [7, 11) is 0. The van der Waals surface area contributed by atoms with Gasteiger partial charge in [-0.3, -0.25) is 0 Å². The van der Waals surface area contributed by atoms with E-state index in [2.05, 4.69) is 4.98 Å². The summed E-state index contributed by atoms with van der Waals surface area (Å²) in [5.74, 6) is -1.06. The van der Waals surface area contributed by atoms with E-state index in [1.54, 1.807) is 6.07 Å². The molecule has 0 saturated heterocycles. The van der Waals surface area contributed by atoms with E-state index < -0.39 is 5.97 Å². The van der Waals surface area contributed by atoms with E-state index in [1.807, 2.05) is 0 Å². The van der Waals surface area contributed by atoms with E-state index >= 15 is 0 Å². The maximum Gasteiger partial charge on any atom is 0.354 e. The van der Waals surface area contributed by atoms with Gasteiger partial charge in [0.1, 0.15) is 5.69 Å². The Morgan fingerprint density at radius 1 is 1.69 bits per heavy atom. The predicted octanol–water partition coefficient (Wildman–Crippen LogP) is -0.262. The molecule has 0 aromatic carbocycles. The smallest absolute Gasteiger partial charge is 0.354 e. The van der Waals surface area contributed by atoms with Crippen molar-refractivity contribution < 1.29 is 9.90 Å². The summed E-state index contributed by atoms with van der Waals surface area (Å²) in [6, 6.07) is 2.75. The molecule has 0 aliphatic carbocycles. The molecule has 0 saturated carbocycles. The molecule has 1 heterocycles. The first-order valence-corrected chi connectivity index (χ1v) is 3.80. The minimum absolute atomic E-state index is 0.0126. The molecule has 1 aromatic rings. The fourth-order valence-corrected chi connectivity index (χ4v) is 0.931. The highest BCUT2D eigenvalue weighted by molar-refractivity contribution is 5.85. The Morgan fingerprint density at radius 2 is 2.38 bits per heavy atom. The Labute approximate surface area is 75.4 Å². The van der Waals surface area contributed by atoms with Crippen molar-refractivity contribution in [2.24, 2.45) is 11.5 Å².